The molecule has 2 aromatic carbocycles. The molecule has 0 aliphatic heterocycles. The van der Waals surface area contributed by atoms with Crippen LogP contribution in [0.15, 0.2) is 64.5 Å². The van der Waals surface area contributed by atoms with Gasteiger partial charge in [-0.1, -0.05) is 58.4 Å². The third-order valence-electron chi connectivity index (χ3n) is 3.35. The van der Waals surface area contributed by atoms with Gasteiger partial charge in [0.15, 0.2) is 5.13 Å². The van der Waals surface area contributed by atoms with Crippen LogP contribution in [0.25, 0.3) is 11.3 Å². The molecule has 0 aliphatic carbocycles. The standard InChI is InChI=1S/C18H16BrN3OS.ClH/c19-15-8-6-14(7-9-15)16-12-24-18(21-16)22-17(23)11-20-10-13-4-2-1-3-5-13;/h1-9,12,20H,10-11H2,(H,21,22,23);1H. The SMILES string of the molecule is Cl.O=C(CNCc1ccccc1)Nc1nc(-c2ccc(Br)cc2)cs1. The van der Waals surface area contributed by atoms with Gasteiger partial charge in [-0.2, -0.15) is 0 Å². The quantitative estimate of drug-likeness (QED) is 0.585. The first-order valence-corrected chi connectivity index (χ1v) is 9.14. The number of benzene rings is 2. The minimum absolute atomic E-state index is 0. The maximum absolute atomic E-state index is 12.0. The summed E-state index contributed by atoms with van der Waals surface area (Å²) in [5, 5.41) is 8.50. The molecule has 0 atom stereocenters. The minimum Gasteiger partial charge on any atom is -0.304 e. The summed E-state index contributed by atoms with van der Waals surface area (Å²) in [6.45, 7) is 0.915. The highest BCUT2D eigenvalue weighted by Crippen LogP contribution is 2.25. The molecule has 0 fully saturated rings. The lowest BCUT2D eigenvalue weighted by Gasteiger charge is -2.04. The highest BCUT2D eigenvalue weighted by atomic mass is 79.9. The number of nitrogens with zero attached hydrogens (tertiary/aromatic N) is 1. The van der Waals surface area contributed by atoms with E-state index in [2.05, 4.69) is 31.5 Å². The maximum atomic E-state index is 12.0. The molecule has 3 aromatic rings. The molecule has 0 radical (unpaired) electrons. The molecule has 0 unspecified atom stereocenters. The maximum Gasteiger partial charge on any atom is 0.240 e. The van der Waals surface area contributed by atoms with Crippen molar-refractivity contribution in [3.05, 3.63) is 70.0 Å². The molecule has 0 saturated heterocycles. The average Bonchev–Trinajstić information content (AvgIpc) is 3.05. The number of hydrogen-bond donors (Lipinski definition) is 2. The second kappa shape index (κ2) is 9.68. The van der Waals surface area contributed by atoms with Crippen molar-refractivity contribution >= 4 is 50.7 Å². The number of carbonyl (C=O) groups is 1. The zero-order valence-electron chi connectivity index (χ0n) is 13.2. The van der Waals surface area contributed by atoms with Gasteiger partial charge in [0, 0.05) is 22.0 Å². The summed E-state index contributed by atoms with van der Waals surface area (Å²) >= 11 is 4.84. The molecule has 0 spiro atoms. The van der Waals surface area contributed by atoms with E-state index in [4.69, 9.17) is 0 Å². The molecule has 0 saturated carbocycles. The summed E-state index contributed by atoms with van der Waals surface area (Å²) in [4.78, 5) is 16.4. The van der Waals surface area contributed by atoms with Crippen molar-refractivity contribution in [2.24, 2.45) is 0 Å². The Labute approximate surface area is 165 Å². The molecule has 3 rings (SSSR count). The van der Waals surface area contributed by atoms with E-state index in [-0.39, 0.29) is 24.9 Å². The Balaban J connectivity index is 0.00000225. The van der Waals surface area contributed by atoms with Gasteiger partial charge in [-0.15, -0.1) is 23.7 Å². The number of rotatable bonds is 6. The Kier molecular flexibility index (Phi) is 7.58. The predicted octanol–water partition coefficient (Wildman–Crippen LogP) is 4.72. The lowest BCUT2D eigenvalue weighted by atomic mass is 10.2. The van der Waals surface area contributed by atoms with Crippen LogP contribution in [-0.2, 0) is 11.3 Å². The molecule has 130 valence electrons. The fourth-order valence-corrected chi connectivity index (χ4v) is 3.16. The van der Waals surface area contributed by atoms with Crippen LogP contribution < -0.4 is 10.6 Å². The molecule has 1 heterocycles. The number of hydrogen-bond acceptors (Lipinski definition) is 4. The van der Waals surface area contributed by atoms with E-state index in [1.54, 1.807) is 0 Å². The molecule has 7 heteroatoms. The van der Waals surface area contributed by atoms with Crippen molar-refractivity contribution < 1.29 is 4.79 Å². The molecule has 2 N–H and O–H groups in total. The highest BCUT2D eigenvalue weighted by Gasteiger charge is 2.08. The lowest BCUT2D eigenvalue weighted by molar-refractivity contribution is -0.115. The van der Waals surface area contributed by atoms with E-state index in [9.17, 15) is 4.79 Å². The molecule has 0 bridgehead atoms. The first kappa shape index (κ1) is 19.6. The minimum atomic E-state index is -0.0948. The molecule has 1 amide bonds. The number of halogens is 2. The normalized spacial score (nSPS) is 10.1. The summed E-state index contributed by atoms with van der Waals surface area (Å²) in [7, 11) is 0. The van der Waals surface area contributed by atoms with Crippen molar-refractivity contribution in [1.82, 2.24) is 10.3 Å². The van der Waals surface area contributed by atoms with Gasteiger partial charge >= 0.3 is 0 Å². The second-order valence-electron chi connectivity index (χ2n) is 5.18. The van der Waals surface area contributed by atoms with Crippen LogP contribution in [0, 0.1) is 0 Å². The van der Waals surface area contributed by atoms with Crippen LogP contribution in [-0.4, -0.2) is 17.4 Å². The Morgan fingerprint density at radius 2 is 1.80 bits per heavy atom. The third kappa shape index (κ3) is 5.93. The van der Waals surface area contributed by atoms with Gasteiger partial charge < -0.3 is 10.6 Å². The summed E-state index contributed by atoms with van der Waals surface area (Å²) < 4.78 is 1.03. The third-order valence-corrected chi connectivity index (χ3v) is 4.63. The Bertz CT molecular complexity index is 809. The van der Waals surface area contributed by atoms with Crippen molar-refractivity contribution in [2.75, 3.05) is 11.9 Å². The van der Waals surface area contributed by atoms with Crippen molar-refractivity contribution in [1.29, 1.82) is 0 Å². The largest absolute Gasteiger partial charge is 0.304 e. The molecule has 25 heavy (non-hydrogen) atoms. The number of amides is 1. The van der Waals surface area contributed by atoms with E-state index in [0.717, 1.165) is 21.3 Å². The van der Waals surface area contributed by atoms with Crippen LogP contribution in [0.3, 0.4) is 0 Å². The number of anilines is 1. The molecule has 0 aliphatic rings. The number of thiazole rings is 1. The van der Waals surface area contributed by atoms with Crippen LogP contribution in [0.2, 0.25) is 0 Å². The van der Waals surface area contributed by atoms with Gasteiger partial charge in [0.25, 0.3) is 0 Å². The first-order chi connectivity index (χ1) is 11.7. The number of aromatic nitrogens is 1. The molecular weight excluding hydrogens is 422 g/mol. The molecule has 4 nitrogen and oxygen atoms in total. The fourth-order valence-electron chi connectivity index (χ4n) is 2.16. The molecule has 1 aromatic heterocycles. The summed E-state index contributed by atoms with van der Waals surface area (Å²) in [5.74, 6) is -0.0948. The van der Waals surface area contributed by atoms with E-state index in [1.807, 2.05) is 60.0 Å². The average molecular weight is 439 g/mol. The zero-order valence-corrected chi connectivity index (χ0v) is 16.5. The summed E-state index contributed by atoms with van der Waals surface area (Å²) in [5.41, 5.74) is 3.04. The highest BCUT2D eigenvalue weighted by molar-refractivity contribution is 9.10. The number of nitrogens with one attached hydrogen (secondary N) is 2. The van der Waals surface area contributed by atoms with Gasteiger partial charge in [0.2, 0.25) is 5.91 Å². The van der Waals surface area contributed by atoms with Gasteiger partial charge in [-0.05, 0) is 17.7 Å². The van der Waals surface area contributed by atoms with E-state index >= 15 is 0 Å². The van der Waals surface area contributed by atoms with E-state index in [0.29, 0.717) is 11.7 Å². The van der Waals surface area contributed by atoms with Gasteiger partial charge in [-0.3, -0.25) is 4.79 Å². The summed E-state index contributed by atoms with van der Waals surface area (Å²) in [6, 6.07) is 17.9. The van der Waals surface area contributed by atoms with Crippen LogP contribution in [0.4, 0.5) is 5.13 Å². The second-order valence-corrected chi connectivity index (χ2v) is 6.96. The van der Waals surface area contributed by atoms with Gasteiger partial charge in [0.05, 0.1) is 12.2 Å². The fraction of sp³-hybridized carbons (Fsp3) is 0.111. The van der Waals surface area contributed by atoms with E-state index in [1.165, 1.54) is 11.3 Å². The Hall–Kier alpha value is -1.73. The Morgan fingerprint density at radius 1 is 1.08 bits per heavy atom. The van der Waals surface area contributed by atoms with Crippen LogP contribution >= 0.6 is 39.7 Å². The first-order valence-electron chi connectivity index (χ1n) is 7.47. The lowest BCUT2D eigenvalue weighted by Crippen LogP contribution is -2.27. The van der Waals surface area contributed by atoms with Gasteiger partial charge in [0.1, 0.15) is 0 Å². The van der Waals surface area contributed by atoms with Crippen LogP contribution in [0.1, 0.15) is 5.56 Å². The topological polar surface area (TPSA) is 54.0 Å². The Morgan fingerprint density at radius 3 is 2.52 bits per heavy atom. The zero-order chi connectivity index (χ0) is 16.8. The predicted molar refractivity (Wildman–Crippen MR) is 109 cm³/mol. The van der Waals surface area contributed by atoms with Crippen molar-refractivity contribution in [3.8, 4) is 11.3 Å². The molecular formula is C18H17BrClN3OS. The van der Waals surface area contributed by atoms with Crippen molar-refractivity contribution in [2.45, 2.75) is 6.54 Å². The van der Waals surface area contributed by atoms with Crippen molar-refractivity contribution in [3.63, 3.8) is 0 Å². The van der Waals surface area contributed by atoms with Crippen LogP contribution in [0.5, 0.6) is 0 Å². The smallest absolute Gasteiger partial charge is 0.240 e. The van der Waals surface area contributed by atoms with Gasteiger partial charge in [-0.25, -0.2) is 4.98 Å². The monoisotopic (exact) mass is 437 g/mol. The number of carbonyl (C=O) groups excluding carboxylic acids is 1. The van der Waals surface area contributed by atoms with E-state index < -0.39 is 0 Å². The summed E-state index contributed by atoms with van der Waals surface area (Å²) in [6.07, 6.45) is 0.